The van der Waals surface area contributed by atoms with Gasteiger partial charge in [-0.15, -0.1) is 0 Å². The van der Waals surface area contributed by atoms with Crippen molar-refractivity contribution in [3.8, 4) is 11.5 Å². The Morgan fingerprint density at radius 2 is 2.08 bits per heavy atom. The summed E-state index contributed by atoms with van der Waals surface area (Å²) < 4.78 is 32.4. The number of halogens is 2. The van der Waals surface area contributed by atoms with Crippen LogP contribution in [0.15, 0.2) is 22.6 Å². The molecule has 4 rings (SSSR count). The number of oxazole rings is 1. The molecule has 2 aliphatic rings. The van der Waals surface area contributed by atoms with Gasteiger partial charge in [-0.1, -0.05) is 0 Å². The van der Waals surface area contributed by atoms with Crippen molar-refractivity contribution in [2.45, 2.75) is 31.5 Å². The average Bonchev–Trinajstić information content (AvgIpc) is 3.18. The fraction of sp³-hybridized carbons (Fsp3) is 0.412. The zero-order chi connectivity index (χ0) is 17.6. The van der Waals surface area contributed by atoms with Crippen molar-refractivity contribution < 1.29 is 23.1 Å². The fourth-order valence-electron chi connectivity index (χ4n) is 3.31. The molecule has 1 saturated heterocycles. The van der Waals surface area contributed by atoms with E-state index in [9.17, 15) is 18.7 Å². The van der Waals surface area contributed by atoms with Crippen LogP contribution in [0.25, 0.3) is 11.5 Å². The number of carbonyl (C=O) groups excluding carboxylic acids is 1. The van der Waals surface area contributed by atoms with E-state index in [1.807, 2.05) is 0 Å². The van der Waals surface area contributed by atoms with E-state index < -0.39 is 17.7 Å². The molecule has 1 aromatic heterocycles. The zero-order valence-electron chi connectivity index (χ0n) is 13.3. The van der Waals surface area contributed by atoms with Gasteiger partial charge in [-0.05, 0) is 18.6 Å². The van der Waals surface area contributed by atoms with Gasteiger partial charge in [0, 0.05) is 31.1 Å². The second kappa shape index (κ2) is 6.20. The summed E-state index contributed by atoms with van der Waals surface area (Å²) in [6, 6.07) is 2.72. The minimum atomic E-state index is -0.700. The Bertz CT molecular complexity index is 803. The molecule has 0 spiro atoms. The quantitative estimate of drug-likeness (QED) is 0.853. The van der Waals surface area contributed by atoms with E-state index in [4.69, 9.17) is 4.42 Å². The van der Waals surface area contributed by atoms with Crippen LogP contribution in [0.1, 0.15) is 17.9 Å². The average molecular weight is 349 g/mol. The van der Waals surface area contributed by atoms with Gasteiger partial charge < -0.3 is 19.7 Å². The predicted octanol–water partition coefficient (Wildman–Crippen LogP) is 1.23. The van der Waals surface area contributed by atoms with Crippen LogP contribution in [0.4, 0.5) is 8.78 Å². The van der Waals surface area contributed by atoms with E-state index in [1.54, 1.807) is 4.90 Å². The van der Waals surface area contributed by atoms with Crippen LogP contribution < -0.4 is 5.32 Å². The van der Waals surface area contributed by atoms with Gasteiger partial charge in [0.05, 0.1) is 18.7 Å². The lowest BCUT2D eigenvalue weighted by Crippen LogP contribution is -2.45. The highest BCUT2D eigenvalue weighted by Gasteiger charge is 2.34. The van der Waals surface area contributed by atoms with Crippen LogP contribution in [-0.2, 0) is 17.8 Å². The number of amides is 1. The van der Waals surface area contributed by atoms with E-state index in [0.717, 1.165) is 18.2 Å². The zero-order valence-corrected chi connectivity index (χ0v) is 13.3. The Kier molecular flexibility index (Phi) is 4.01. The Balaban J connectivity index is 1.54. The summed E-state index contributed by atoms with van der Waals surface area (Å²) in [5.41, 5.74) is 0.822. The summed E-state index contributed by atoms with van der Waals surface area (Å²) in [5, 5.41) is 12.6. The number of hydrogen-bond acceptors (Lipinski definition) is 5. The van der Waals surface area contributed by atoms with Crippen LogP contribution in [0.3, 0.4) is 0 Å². The first kappa shape index (κ1) is 16.2. The van der Waals surface area contributed by atoms with E-state index in [2.05, 4.69) is 10.3 Å². The molecule has 3 heterocycles. The lowest BCUT2D eigenvalue weighted by molar-refractivity contribution is -0.134. The molecule has 2 atom stereocenters. The van der Waals surface area contributed by atoms with E-state index >= 15 is 0 Å². The summed E-state index contributed by atoms with van der Waals surface area (Å²) in [6.45, 7) is 1.17. The number of aromatic nitrogens is 1. The van der Waals surface area contributed by atoms with Gasteiger partial charge in [-0.2, -0.15) is 0 Å². The Labute approximate surface area is 142 Å². The van der Waals surface area contributed by atoms with Crippen molar-refractivity contribution in [3.63, 3.8) is 0 Å². The van der Waals surface area contributed by atoms with Gasteiger partial charge in [0.2, 0.25) is 11.8 Å². The van der Waals surface area contributed by atoms with Gasteiger partial charge >= 0.3 is 0 Å². The van der Waals surface area contributed by atoms with Crippen molar-refractivity contribution in [2.24, 2.45) is 0 Å². The molecule has 25 heavy (non-hydrogen) atoms. The van der Waals surface area contributed by atoms with Crippen LogP contribution in [0, 0.1) is 11.6 Å². The number of hydrogen-bond donors (Lipinski definition) is 2. The number of rotatable bonds is 2. The third-order valence-electron chi connectivity index (χ3n) is 4.55. The van der Waals surface area contributed by atoms with Gasteiger partial charge in [0.15, 0.2) is 0 Å². The van der Waals surface area contributed by atoms with Crippen LogP contribution in [-0.4, -0.2) is 46.1 Å². The third-order valence-corrected chi connectivity index (χ3v) is 4.55. The third kappa shape index (κ3) is 3.14. The monoisotopic (exact) mass is 349 g/mol. The van der Waals surface area contributed by atoms with Gasteiger partial charge in [-0.3, -0.25) is 4.79 Å². The topological polar surface area (TPSA) is 78.6 Å². The molecule has 0 radical (unpaired) electrons. The van der Waals surface area contributed by atoms with Crippen molar-refractivity contribution in [2.75, 3.05) is 13.1 Å². The molecule has 2 aromatic rings. The maximum Gasteiger partial charge on any atom is 0.240 e. The molecule has 0 aliphatic carbocycles. The highest BCUT2D eigenvalue weighted by atomic mass is 19.1. The van der Waals surface area contributed by atoms with Crippen LogP contribution in [0.2, 0.25) is 0 Å². The van der Waals surface area contributed by atoms with Crippen molar-refractivity contribution in [1.82, 2.24) is 15.2 Å². The number of aliphatic hydroxyl groups is 1. The number of β-amino-alcohol motifs (C(OH)–C–C–N with tert-alkyl or cyclic N) is 1. The molecule has 0 unspecified atom stereocenters. The number of nitrogens with one attached hydrogen (secondary N) is 1. The summed E-state index contributed by atoms with van der Waals surface area (Å²) in [4.78, 5) is 18.5. The minimum Gasteiger partial charge on any atom is -0.441 e. The lowest BCUT2D eigenvalue weighted by atomic mass is 10.1. The van der Waals surface area contributed by atoms with Crippen LogP contribution >= 0.6 is 0 Å². The first-order chi connectivity index (χ1) is 12.0. The van der Waals surface area contributed by atoms with E-state index in [1.165, 1.54) is 0 Å². The maximum absolute atomic E-state index is 13.4. The summed E-state index contributed by atoms with van der Waals surface area (Å²) in [6.07, 6.45) is 0.381. The first-order valence-electron chi connectivity index (χ1n) is 8.15. The second-order valence-electron chi connectivity index (χ2n) is 6.41. The molecule has 2 aliphatic heterocycles. The van der Waals surface area contributed by atoms with Crippen molar-refractivity contribution in [3.05, 3.63) is 41.3 Å². The summed E-state index contributed by atoms with van der Waals surface area (Å²) in [5.74, 6) is -0.707. The molecule has 0 bridgehead atoms. The van der Waals surface area contributed by atoms with E-state index in [0.29, 0.717) is 37.4 Å². The Hall–Kier alpha value is -2.32. The van der Waals surface area contributed by atoms with Crippen LogP contribution in [0.5, 0.6) is 0 Å². The lowest BCUT2D eigenvalue weighted by Gasteiger charge is -2.27. The van der Waals surface area contributed by atoms with Gasteiger partial charge in [-0.25, -0.2) is 13.8 Å². The maximum atomic E-state index is 13.4. The molecule has 6 nitrogen and oxygen atoms in total. The van der Waals surface area contributed by atoms with Gasteiger partial charge in [0.25, 0.3) is 0 Å². The summed E-state index contributed by atoms with van der Waals surface area (Å²) in [7, 11) is 0. The molecule has 0 saturated carbocycles. The Morgan fingerprint density at radius 1 is 1.32 bits per heavy atom. The first-order valence-corrected chi connectivity index (χ1v) is 8.15. The predicted molar refractivity (Wildman–Crippen MR) is 83.4 cm³/mol. The SMILES string of the molecule is O=C([C@@H]1C[C@@H](O)CN1)N1CCc2oc(-c3cc(F)cc(F)c3)nc2C1. The fourth-order valence-corrected chi connectivity index (χ4v) is 3.31. The number of nitrogens with zero attached hydrogens (tertiary/aromatic N) is 2. The number of fused-ring (bicyclic) bond motifs is 1. The van der Waals surface area contributed by atoms with E-state index in [-0.39, 0.29) is 29.9 Å². The standard InChI is InChI=1S/C17H17F2N3O3/c18-10-3-9(4-11(19)5-10)16-21-14-8-22(2-1-15(14)25-16)17(24)13-6-12(23)7-20-13/h3-5,12-13,20,23H,1-2,6-8H2/t12-,13+/m1/s1. The highest BCUT2D eigenvalue weighted by Crippen LogP contribution is 2.28. The largest absolute Gasteiger partial charge is 0.441 e. The molecule has 132 valence electrons. The summed E-state index contributed by atoms with van der Waals surface area (Å²) >= 11 is 0. The van der Waals surface area contributed by atoms with Gasteiger partial charge in [0.1, 0.15) is 23.1 Å². The second-order valence-corrected chi connectivity index (χ2v) is 6.41. The number of benzene rings is 1. The number of carbonyl (C=O) groups is 1. The molecule has 1 aromatic carbocycles. The minimum absolute atomic E-state index is 0.0800. The molecule has 2 N–H and O–H groups in total. The molecule has 8 heteroatoms. The molecular formula is C17H17F2N3O3. The Morgan fingerprint density at radius 3 is 2.76 bits per heavy atom. The number of aliphatic hydroxyl groups excluding tert-OH is 1. The molecule has 1 amide bonds. The smallest absolute Gasteiger partial charge is 0.240 e. The van der Waals surface area contributed by atoms with Crippen molar-refractivity contribution >= 4 is 5.91 Å². The van der Waals surface area contributed by atoms with Crippen molar-refractivity contribution in [1.29, 1.82) is 0 Å². The molecular weight excluding hydrogens is 332 g/mol. The molecule has 1 fully saturated rings. The highest BCUT2D eigenvalue weighted by molar-refractivity contribution is 5.82. The normalized spacial score (nSPS) is 22.9.